The van der Waals surface area contributed by atoms with Crippen molar-refractivity contribution in [2.75, 3.05) is 5.32 Å². The number of nitrogens with one attached hydrogen (secondary N) is 1. The summed E-state index contributed by atoms with van der Waals surface area (Å²) in [6, 6.07) is 23.3. The molecular formula is C23H20N2O2. The Morgan fingerprint density at radius 2 is 1.81 bits per heavy atom. The van der Waals surface area contributed by atoms with Gasteiger partial charge < -0.3 is 9.73 Å². The van der Waals surface area contributed by atoms with Crippen molar-refractivity contribution < 1.29 is 9.21 Å². The van der Waals surface area contributed by atoms with Crippen molar-refractivity contribution in [2.45, 2.75) is 19.8 Å². The van der Waals surface area contributed by atoms with Gasteiger partial charge in [0.2, 0.25) is 11.8 Å². The third-order valence-electron chi connectivity index (χ3n) is 4.46. The maximum Gasteiger partial charge on any atom is 0.228 e. The second kappa shape index (κ2) is 7.46. The highest BCUT2D eigenvalue weighted by molar-refractivity contribution is 5.92. The molecule has 0 atom stereocenters. The standard InChI is InChI=1S/C23H20N2O2/c1-2-16-11-12-21-20(13-16)25-23(27-21)18-9-6-10-19(15-18)24-22(26)14-17-7-4-3-5-8-17/h3-13,15H,2,14H2,1H3,(H,24,26). The number of carbonyl (C=O) groups is 1. The molecule has 1 heterocycles. The van der Waals surface area contributed by atoms with Crippen LogP contribution in [0.4, 0.5) is 5.69 Å². The number of anilines is 1. The topological polar surface area (TPSA) is 55.1 Å². The minimum Gasteiger partial charge on any atom is -0.436 e. The van der Waals surface area contributed by atoms with Crippen LogP contribution in [-0.4, -0.2) is 10.9 Å². The second-order valence-electron chi connectivity index (χ2n) is 6.47. The maximum absolute atomic E-state index is 12.3. The lowest BCUT2D eigenvalue weighted by Gasteiger charge is -2.06. The first-order chi connectivity index (χ1) is 13.2. The molecule has 0 radical (unpaired) electrons. The molecule has 0 spiro atoms. The van der Waals surface area contributed by atoms with Crippen LogP contribution in [0.15, 0.2) is 77.2 Å². The first kappa shape index (κ1) is 17.0. The van der Waals surface area contributed by atoms with Gasteiger partial charge in [0, 0.05) is 11.3 Å². The average molecular weight is 356 g/mol. The molecule has 0 aliphatic rings. The summed E-state index contributed by atoms with van der Waals surface area (Å²) in [5.74, 6) is 0.501. The van der Waals surface area contributed by atoms with E-state index < -0.39 is 0 Å². The Kier molecular flexibility index (Phi) is 4.71. The summed E-state index contributed by atoms with van der Waals surface area (Å²) in [6.07, 6.45) is 1.30. The number of aryl methyl sites for hydroxylation is 1. The SMILES string of the molecule is CCc1ccc2oc(-c3cccc(NC(=O)Cc4ccccc4)c3)nc2c1. The van der Waals surface area contributed by atoms with Gasteiger partial charge in [-0.05, 0) is 47.9 Å². The van der Waals surface area contributed by atoms with E-state index in [0.717, 1.165) is 34.3 Å². The van der Waals surface area contributed by atoms with Crippen molar-refractivity contribution >= 4 is 22.7 Å². The summed E-state index contributed by atoms with van der Waals surface area (Å²) in [5.41, 5.74) is 5.39. The lowest BCUT2D eigenvalue weighted by atomic mass is 10.1. The molecule has 27 heavy (non-hydrogen) atoms. The first-order valence-corrected chi connectivity index (χ1v) is 9.05. The zero-order valence-corrected chi connectivity index (χ0v) is 15.1. The molecule has 0 bridgehead atoms. The van der Waals surface area contributed by atoms with Gasteiger partial charge in [0.1, 0.15) is 5.52 Å². The van der Waals surface area contributed by atoms with Crippen LogP contribution in [-0.2, 0) is 17.6 Å². The predicted molar refractivity (Wildman–Crippen MR) is 108 cm³/mol. The van der Waals surface area contributed by atoms with Crippen molar-refractivity contribution in [3.63, 3.8) is 0 Å². The third kappa shape index (κ3) is 3.90. The number of nitrogens with zero attached hydrogens (tertiary/aromatic N) is 1. The molecule has 4 heteroatoms. The molecule has 3 aromatic carbocycles. The van der Waals surface area contributed by atoms with Gasteiger partial charge in [-0.25, -0.2) is 4.98 Å². The van der Waals surface area contributed by atoms with E-state index >= 15 is 0 Å². The van der Waals surface area contributed by atoms with E-state index in [-0.39, 0.29) is 5.91 Å². The number of hydrogen-bond acceptors (Lipinski definition) is 3. The number of carbonyl (C=O) groups excluding carboxylic acids is 1. The molecule has 1 aromatic heterocycles. The van der Waals surface area contributed by atoms with Gasteiger partial charge in [0.15, 0.2) is 5.58 Å². The number of aromatic nitrogens is 1. The second-order valence-corrected chi connectivity index (χ2v) is 6.47. The van der Waals surface area contributed by atoms with E-state index in [9.17, 15) is 4.79 Å². The van der Waals surface area contributed by atoms with E-state index in [2.05, 4.69) is 23.3 Å². The molecule has 0 saturated carbocycles. The molecule has 4 rings (SSSR count). The molecular weight excluding hydrogens is 336 g/mol. The Bertz CT molecular complexity index is 1080. The van der Waals surface area contributed by atoms with Gasteiger partial charge in [0.25, 0.3) is 0 Å². The minimum atomic E-state index is -0.0523. The highest BCUT2D eigenvalue weighted by atomic mass is 16.3. The van der Waals surface area contributed by atoms with Crippen LogP contribution in [0.2, 0.25) is 0 Å². The molecule has 0 unspecified atom stereocenters. The highest BCUT2D eigenvalue weighted by Crippen LogP contribution is 2.27. The quantitative estimate of drug-likeness (QED) is 0.532. The Labute approximate surface area is 157 Å². The van der Waals surface area contributed by atoms with Crippen molar-refractivity contribution in [2.24, 2.45) is 0 Å². The van der Waals surface area contributed by atoms with E-state index in [1.54, 1.807) is 0 Å². The summed E-state index contributed by atoms with van der Waals surface area (Å²) >= 11 is 0. The van der Waals surface area contributed by atoms with Gasteiger partial charge >= 0.3 is 0 Å². The third-order valence-corrected chi connectivity index (χ3v) is 4.46. The monoisotopic (exact) mass is 356 g/mol. The summed E-state index contributed by atoms with van der Waals surface area (Å²) in [6.45, 7) is 2.11. The van der Waals surface area contributed by atoms with Crippen LogP contribution in [0.3, 0.4) is 0 Å². The number of hydrogen-bond donors (Lipinski definition) is 1. The van der Waals surface area contributed by atoms with Crippen LogP contribution < -0.4 is 5.32 Å². The minimum absolute atomic E-state index is 0.0523. The van der Waals surface area contributed by atoms with Crippen molar-refractivity contribution in [1.82, 2.24) is 4.98 Å². The number of fused-ring (bicyclic) bond motifs is 1. The lowest BCUT2D eigenvalue weighted by molar-refractivity contribution is -0.115. The fraction of sp³-hybridized carbons (Fsp3) is 0.130. The smallest absolute Gasteiger partial charge is 0.228 e. The number of oxazole rings is 1. The molecule has 0 aliphatic carbocycles. The summed E-state index contributed by atoms with van der Waals surface area (Å²) in [4.78, 5) is 16.9. The molecule has 134 valence electrons. The van der Waals surface area contributed by atoms with E-state index in [1.165, 1.54) is 5.56 Å². The van der Waals surface area contributed by atoms with Gasteiger partial charge in [-0.1, -0.05) is 49.4 Å². The molecule has 0 fully saturated rings. The summed E-state index contributed by atoms with van der Waals surface area (Å²) < 4.78 is 5.89. The Morgan fingerprint density at radius 1 is 0.963 bits per heavy atom. The van der Waals surface area contributed by atoms with Gasteiger partial charge in [0.05, 0.1) is 6.42 Å². The summed E-state index contributed by atoms with van der Waals surface area (Å²) in [5, 5.41) is 2.94. The van der Waals surface area contributed by atoms with Crippen LogP contribution in [0.25, 0.3) is 22.6 Å². The van der Waals surface area contributed by atoms with Crippen molar-refractivity contribution in [1.29, 1.82) is 0 Å². The normalized spacial score (nSPS) is 10.9. The zero-order valence-electron chi connectivity index (χ0n) is 15.1. The number of rotatable bonds is 5. The first-order valence-electron chi connectivity index (χ1n) is 9.05. The Balaban J connectivity index is 1.54. The zero-order chi connectivity index (χ0) is 18.6. The van der Waals surface area contributed by atoms with Crippen molar-refractivity contribution in [3.05, 3.63) is 83.9 Å². The molecule has 0 aliphatic heterocycles. The highest BCUT2D eigenvalue weighted by Gasteiger charge is 2.10. The lowest BCUT2D eigenvalue weighted by Crippen LogP contribution is -2.14. The van der Waals surface area contributed by atoms with E-state index in [0.29, 0.717) is 12.3 Å². The fourth-order valence-electron chi connectivity index (χ4n) is 3.03. The summed E-state index contributed by atoms with van der Waals surface area (Å²) in [7, 11) is 0. The van der Waals surface area contributed by atoms with Gasteiger partial charge in [-0.2, -0.15) is 0 Å². The molecule has 4 nitrogen and oxygen atoms in total. The number of amides is 1. The van der Waals surface area contributed by atoms with Crippen molar-refractivity contribution in [3.8, 4) is 11.5 Å². The van der Waals surface area contributed by atoms with Crippen LogP contribution in [0.5, 0.6) is 0 Å². The fourth-order valence-corrected chi connectivity index (χ4v) is 3.03. The van der Waals surface area contributed by atoms with Crippen LogP contribution in [0, 0.1) is 0 Å². The van der Waals surface area contributed by atoms with E-state index in [4.69, 9.17) is 4.42 Å². The predicted octanol–water partition coefficient (Wildman–Crippen LogP) is 5.24. The Morgan fingerprint density at radius 3 is 2.63 bits per heavy atom. The van der Waals surface area contributed by atoms with Crippen LogP contribution >= 0.6 is 0 Å². The molecule has 1 N–H and O–H groups in total. The van der Waals surface area contributed by atoms with E-state index in [1.807, 2.05) is 66.7 Å². The molecule has 0 saturated heterocycles. The largest absolute Gasteiger partial charge is 0.436 e. The maximum atomic E-state index is 12.3. The van der Waals surface area contributed by atoms with Crippen LogP contribution in [0.1, 0.15) is 18.1 Å². The molecule has 4 aromatic rings. The van der Waals surface area contributed by atoms with Gasteiger partial charge in [-0.3, -0.25) is 4.79 Å². The molecule has 1 amide bonds. The van der Waals surface area contributed by atoms with Gasteiger partial charge in [-0.15, -0.1) is 0 Å². The Hall–Kier alpha value is -3.40. The average Bonchev–Trinajstić information content (AvgIpc) is 3.12. The number of benzene rings is 3.